The van der Waals surface area contributed by atoms with Crippen LogP contribution in [0.5, 0.6) is 0 Å². The van der Waals surface area contributed by atoms with Crippen LogP contribution in [0.15, 0.2) is 0 Å². The zero-order valence-corrected chi connectivity index (χ0v) is 10.8. The van der Waals surface area contributed by atoms with Crippen molar-refractivity contribution in [2.45, 2.75) is 30.8 Å². The van der Waals surface area contributed by atoms with E-state index in [0.717, 1.165) is 45.4 Å². The van der Waals surface area contributed by atoms with Crippen LogP contribution in [0, 0.1) is 0 Å². The Morgan fingerprint density at radius 2 is 2.29 bits per heavy atom. The highest BCUT2D eigenvalue weighted by Gasteiger charge is 2.53. The van der Waals surface area contributed by atoms with E-state index in [2.05, 4.69) is 15.1 Å². The van der Waals surface area contributed by atoms with Gasteiger partial charge in [0.2, 0.25) is 0 Å². The summed E-state index contributed by atoms with van der Waals surface area (Å²) in [6.07, 6.45) is 2.89. The number of aliphatic carboxylic acids is 1. The molecule has 2 rings (SSSR count). The van der Waals surface area contributed by atoms with E-state index in [1.165, 1.54) is 0 Å². The highest BCUT2D eigenvalue weighted by Crippen LogP contribution is 2.36. The number of carboxylic acids is 1. The van der Waals surface area contributed by atoms with Gasteiger partial charge in [-0.15, -0.1) is 0 Å². The molecule has 17 heavy (non-hydrogen) atoms. The summed E-state index contributed by atoms with van der Waals surface area (Å²) in [6, 6.07) is 0.196. The predicted molar refractivity (Wildman–Crippen MR) is 66.1 cm³/mol. The van der Waals surface area contributed by atoms with E-state index in [1.54, 1.807) is 0 Å². The SMILES string of the molecule is CN(C)CCNC1(C(=O)O)CCN2CCCC21. The van der Waals surface area contributed by atoms with Crippen LogP contribution >= 0.6 is 0 Å². The van der Waals surface area contributed by atoms with Gasteiger partial charge in [0.05, 0.1) is 0 Å². The zero-order valence-electron chi connectivity index (χ0n) is 10.8. The summed E-state index contributed by atoms with van der Waals surface area (Å²) in [7, 11) is 4.01. The monoisotopic (exact) mass is 241 g/mol. The van der Waals surface area contributed by atoms with Gasteiger partial charge in [-0.3, -0.25) is 15.0 Å². The summed E-state index contributed by atoms with van der Waals surface area (Å²) < 4.78 is 0. The zero-order chi connectivity index (χ0) is 12.5. The fourth-order valence-corrected chi connectivity index (χ4v) is 3.17. The van der Waals surface area contributed by atoms with E-state index in [-0.39, 0.29) is 6.04 Å². The second-order valence-electron chi connectivity index (χ2n) is 5.45. The number of nitrogens with one attached hydrogen (secondary N) is 1. The molecule has 0 aromatic heterocycles. The van der Waals surface area contributed by atoms with Crippen molar-refractivity contribution >= 4 is 5.97 Å². The topological polar surface area (TPSA) is 55.8 Å². The Morgan fingerprint density at radius 3 is 2.94 bits per heavy atom. The van der Waals surface area contributed by atoms with Crippen molar-refractivity contribution in [1.29, 1.82) is 0 Å². The third kappa shape index (κ3) is 2.32. The number of rotatable bonds is 5. The molecule has 2 atom stereocenters. The predicted octanol–water partition coefficient (Wildman–Crippen LogP) is -0.171. The molecular formula is C12H23N3O2. The maximum Gasteiger partial charge on any atom is 0.325 e. The molecule has 2 saturated heterocycles. The van der Waals surface area contributed by atoms with E-state index >= 15 is 0 Å². The van der Waals surface area contributed by atoms with E-state index in [0.29, 0.717) is 0 Å². The van der Waals surface area contributed by atoms with Crippen LogP contribution in [0.2, 0.25) is 0 Å². The van der Waals surface area contributed by atoms with Gasteiger partial charge in [-0.2, -0.15) is 0 Å². The van der Waals surface area contributed by atoms with Gasteiger partial charge in [-0.25, -0.2) is 0 Å². The number of hydrogen-bond donors (Lipinski definition) is 2. The third-order valence-electron chi connectivity index (χ3n) is 4.11. The summed E-state index contributed by atoms with van der Waals surface area (Å²) in [6.45, 7) is 3.60. The standard InChI is InChI=1S/C12H23N3O2/c1-14(2)9-6-13-12(11(16)17)5-8-15-7-3-4-10(12)15/h10,13H,3-9H2,1-2H3,(H,16,17). The van der Waals surface area contributed by atoms with Crippen LogP contribution in [0.3, 0.4) is 0 Å². The van der Waals surface area contributed by atoms with Crippen molar-refractivity contribution in [3.8, 4) is 0 Å². The molecule has 0 radical (unpaired) electrons. The van der Waals surface area contributed by atoms with E-state index in [1.807, 2.05) is 14.1 Å². The lowest BCUT2D eigenvalue weighted by molar-refractivity contribution is -0.145. The van der Waals surface area contributed by atoms with Gasteiger partial charge >= 0.3 is 5.97 Å². The highest BCUT2D eigenvalue weighted by molar-refractivity contribution is 5.80. The Kier molecular flexibility index (Phi) is 3.70. The maximum absolute atomic E-state index is 11.6. The molecule has 2 heterocycles. The molecule has 5 heteroatoms. The minimum atomic E-state index is -0.702. The lowest BCUT2D eigenvalue weighted by Crippen LogP contribution is -2.59. The van der Waals surface area contributed by atoms with Gasteiger partial charge in [0.15, 0.2) is 0 Å². The number of carbonyl (C=O) groups is 1. The molecule has 98 valence electrons. The first-order valence-electron chi connectivity index (χ1n) is 6.43. The Labute approximate surface area is 103 Å². The largest absolute Gasteiger partial charge is 0.480 e. The first kappa shape index (κ1) is 12.8. The van der Waals surface area contributed by atoms with Crippen molar-refractivity contribution in [2.75, 3.05) is 40.3 Å². The summed E-state index contributed by atoms with van der Waals surface area (Å²) >= 11 is 0. The van der Waals surface area contributed by atoms with Crippen molar-refractivity contribution < 1.29 is 9.90 Å². The molecule has 0 amide bonds. The molecule has 2 aliphatic rings. The Balaban J connectivity index is 2.02. The van der Waals surface area contributed by atoms with Gasteiger partial charge in [0.25, 0.3) is 0 Å². The Bertz CT molecular complexity index is 295. The second-order valence-corrected chi connectivity index (χ2v) is 5.45. The summed E-state index contributed by atoms with van der Waals surface area (Å²) in [5.41, 5.74) is -0.702. The lowest BCUT2D eigenvalue weighted by Gasteiger charge is -2.32. The normalized spacial score (nSPS) is 33.2. The van der Waals surface area contributed by atoms with Gasteiger partial charge in [-0.05, 0) is 39.9 Å². The molecule has 5 nitrogen and oxygen atoms in total. The van der Waals surface area contributed by atoms with Gasteiger partial charge in [0, 0.05) is 25.7 Å². The minimum absolute atomic E-state index is 0.196. The molecule has 2 unspecified atom stereocenters. The van der Waals surface area contributed by atoms with Crippen molar-refractivity contribution in [3.63, 3.8) is 0 Å². The number of nitrogens with zero attached hydrogens (tertiary/aromatic N) is 2. The fraction of sp³-hybridized carbons (Fsp3) is 0.917. The van der Waals surface area contributed by atoms with Crippen molar-refractivity contribution in [2.24, 2.45) is 0 Å². The van der Waals surface area contributed by atoms with Gasteiger partial charge in [-0.1, -0.05) is 0 Å². The van der Waals surface area contributed by atoms with Crippen molar-refractivity contribution in [3.05, 3.63) is 0 Å². The number of hydrogen-bond acceptors (Lipinski definition) is 4. The van der Waals surface area contributed by atoms with Crippen LogP contribution in [0.4, 0.5) is 0 Å². The molecule has 0 aromatic carbocycles. The summed E-state index contributed by atoms with van der Waals surface area (Å²) in [5, 5.41) is 12.9. The molecule has 2 fully saturated rings. The number of likely N-dealkylation sites (N-methyl/N-ethyl adjacent to an activating group) is 1. The molecule has 0 spiro atoms. The van der Waals surface area contributed by atoms with Crippen molar-refractivity contribution in [1.82, 2.24) is 15.1 Å². The van der Waals surface area contributed by atoms with Crippen LogP contribution in [-0.2, 0) is 4.79 Å². The summed E-state index contributed by atoms with van der Waals surface area (Å²) in [4.78, 5) is 16.0. The highest BCUT2D eigenvalue weighted by atomic mass is 16.4. The lowest BCUT2D eigenvalue weighted by atomic mass is 9.88. The Morgan fingerprint density at radius 1 is 1.53 bits per heavy atom. The molecule has 0 saturated carbocycles. The third-order valence-corrected chi connectivity index (χ3v) is 4.11. The first-order valence-corrected chi connectivity index (χ1v) is 6.43. The fourth-order valence-electron chi connectivity index (χ4n) is 3.17. The van der Waals surface area contributed by atoms with E-state index in [9.17, 15) is 9.90 Å². The molecular weight excluding hydrogens is 218 g/mol. The molecule has 2 aliphatic heterocycles. The van der Waals surface area contributed by atoms with Crippen LogP contribution in [-0.4, -0.2) is 72.7 Å². The maximum atomic E-state index is 11.6. The Hall–Kier alpha value is -0.650. The van der Waals surface area contributed by atoms with Crippen LogP contribution in [0.1, 0.15) is 19.3 Å². The number of fused-ring (bicyclic) bond motifs is 1. The second kappa shape index (κ2) is 4.92. The smallest absolute Gasteiger partial charge is 0.325 e. The number of carboxylic acid groups (broad SMARTS) is 1. The van der Waals surface area contributed by atoms with Crippen LogP contribution < -0.4 is 5.32 Å². The first-order chi connectivity index (χ1) is 8.06. The molecule has 0 aromatic rings. The van der Waals surface area contributed by atoms with E-state index in [4.69, 9.17) is 0 Å². The quantitative estimate of drug-likeness (QED) is 0.700. The van der Waals surface area contributed by atoms with Gasteiger partial charge < -0.3 is 10.0 Å². The molecule has 2 N–H and O–H groups in total. The summed E-state index contributed by atoms with van der Waals surface area (Å²) in [5.74, 6) is -0.675. The van der Waals surface area contributed by atoms with E-state index < -0.39 is 11.5 Å². The van der Waals surface area contributed by atoms with Gasteiger partial charge in [0.1, 0.15) is 5.54 Å². The minimum Gasteiger partial charge on any atom is -0.480 e. The molecule has 0 aliphatic carbocycles. The molecule has 0 bridgehead atoms. The van der Waals surface area contributed by atoms with Crippen LogP contribution in [0.25, 0.3) is 0 Å². The average Bonchev–Trinajstić information content (AvgIpc) is 2.80. The average molecular weight is 241 g/mol.